The van der Waals surface area contributed by atoms with Gasteiger partial charge in [0.15, 0.2) is 0 Å². The van der Waals surface area contributed by atoms with E-state index in [0.29, 0.717) is 10.5 Å². The summed E-state index contributed by atoms with van der Waals surface area (Å²) < 4.78 is 0.343. The first-order valence-corrected chi connectivity index (χ1v) is 4.38. The molecule has 0 radical (unpaired) electrons. The Morgan fingerprint density at radius 1 is 1.21 bits per heavy atom. The van der Waals surface area contributed by atoms with Crippen molar-refractivity contribution in [2.75, 3.05) is 0 Å². The Bertz CT molecular complexity index is 492. The van der Waals surface area contributed by atoms with Crippen molar-refractivity contribution < 1.29 is 5.11 Å². The summed E-state index contributed by atoms with van der Waals surface area (Å²) in [5, 5.41) is 15.5. The minimum absolute atomic E-state index is 0.225. The molecule has 5 heteroatoms. The maximum atomic E-state index is 9.10. The van der Waals surface area contributed by atoms with Gasteiger partial charge in [0, 0.05) is 5.56 Å². The fraction of sp³-hybridized carbons (Fsp3) is 0. The van der Waals surface area contributed by atoms with Crippen LogP contribution >= 0.6 is 12.2 Å². The molecule has 0 saturated heterocycles. The molecule has 2 rings (SSSR count). The van der Waals surface area contributed by atoms with Gasteiger partial charge in [0.05, 0.1) is 11.9 Å². The van der Waals surface area contributed by atoms with Crippen molar-refractivity contribution >= 4 is 12.2 Å². The highest BCUT2D eigenvalue weighted by molar-refractivity contribution is 7.71. The molecule has 0 aliphatic heterocycles. The second-order valence-corrected chi connectivity index (χ2v) is 3.11. The van der Waals surface area contributed by atoms with Crippen molar-refractivity contribution in [3.8, 4) is 17.0 Å². The van der Waals surface area contributed by atoms with E-state index in [1.807, 2.05) is 0 Å². The fourth-order valence-corrected chi connectivity index (χ4v) is 1.23. The number of phenolic OH excluding ortho intramolecular Hbond substituents is 1. The van der Waals surface area contributed by atoms with Crippen molar-refractivity contribution in [2.45, 2.75) is 0 Å². The van der Waals surface area contributed by atoms with E-state index in [-0.39, 0.29) is 5.75 Å². The van der Waals surface area contributed by atoms with Crippen LogP contribution in [0.15, 0.2) is 30.5 Å². The zero-order chi connectivity index (χ0) is 9.97. The average Bonchev–Trinajstić information content (AvgIpc) is 2.19. The Labute approximate surface area is 85.3 Å². The van der Waals surface area contributed by atoms with E-state index in [9.17, 15) is 0 Å². The van der Waals surface area contributed by atoms with Gasteiger partial charge in [-0.15, -0.1) is 0 Å². The van der Waals surface area contributed by atoms with E-state index in [2.05, 4.69) is 15.2 Å². The molecule has 0 saturated carbocycles. The van der Waals surface area contributed by atoms with E-state index in [4.69, 9.17) is 17.3 Å². The fourth-order valence-electron chi connectivity index (χ4n) is 1.08. The summed E-state index contributed by atoms with van der Waals surface area (Å²) in [4.78, 5) is 4.09. The van der Waals surface area contributed by atoms with Crippen LogP contribution in [0.1, 0.15) is 0 Å². The Hall–Kier alpha value is -1.75. The molecule has 4 nitrogen and oxygen atoms in total. The number of nitrogens with zero attached hydrogens (tertiary/aromatic N) is 2. The van der Waals surface area contributed by atoms with Gasteiger partial charge in [0.25, 0.3) is 0 Å². The lowest BCUT2D eigenvalue weighted by Gasteiger charge is -1.98. The number of H-pyrrole nitrogens is 1. The van der Waals surface area contributed by atoms with E-state index >= 15 is 0 Å². The van der Waals surface area contributed by atoms with Gasteiger partial charge < -0.3 is 5.11 Å². The second kappa shape index (κ2) is 3.55. The maximum absolute atomic E-state index is 9.10. The zero-order valence-corrected chi connectivity index (χ0v) is 7.95. The molecule has 14 heavy (non-hydrogen) atoms. The summed E-state index contributed by atoms with van der Waals surface area (Å²) >= 11 is 4.85. The minimum atomic E-state index is 0.225. The summed E-state index contributed by atoms with van der Waals surface area (Å²) in [6.45, 7) is 0. The van der Waals surface area contributed by atoms with Crippen molar-refractivity contribution in [1.29, 1.82) is 0 Å². The SMILES string of the molecule is Oc1ccc(-c2cn[nH]c(=S)n2)cc1. The van der Waals surface area contributed by atoms with Crippen LogP contribution in [0.2, 0.25) is 0 Å². The Morgan fingerprint density at radius 2 is 1.93 bits per heavy atom. The first kappa shape index (κ1) is 8.83. The number of nitrogens with one attached hydrogen (secondary N) is 1. The quantitative estimate of drug-likeness (QED) is 0.698. The molecule has 2 aromatic rings. The third-order valence-corrected chi connectivity index (χ3v) is 1.91. The Morgan fingerprint density at radius 3 is 2.57 bits per heavy atom. The number of hydrogen-bond acceptors (Lipinski definition) is 4. The molecule has 0 fully saturated rings. The van der Waals surface area contributed by atoms with Crippen molar-refractivity contribution in [3.63, 3.8) is 0 Å². The van der Waals surface area contributed by atoms with Crippen LogP contribution in [-0.2, 0) is 0 Å². The molecule has 0 amide bonds. The van der Waals surface area contributed by atoms with E-state index < -0.39 is 0 Å². The van der Waals surface area contributed by atoms with Gasteiger partial charge in [-0.05, 0) is 36.5 Å². The zero-order valence-electron chi connectivity index (χ0n) is 7.14. The molecule has 0 aliphatic carbocycles. The third kappa shape index (κ3) is 1.77. The number of aromatic amines is 1. The summed E-state index contributed by atoms with van der Waals surface area (Å²) in [6, 6.07) is 6.70. The number of phenols is 1. The predicted molar refractivity (Wildman–Crippen MR) is 54.3 cm³/mol. The first-order chi connectivity index (χ1) is 6.75. The normalized spacial score (nSPS) is 10.0. The van der Waals surface area contributed by atoms with E-state index in [1.54, 1.807) is 30.5 Å². The predicted octanol–water partition coefficient (Wildman–Crippen LogP) is 1.91. The van der Waals surface area contributed by atoms with Gasteiger partial charge in [-0.25, -0.2) is 4.98 Å². The Kier molecular flexibility index (Phi) is 2.24. The molecule has 1 heterocycles. The number of aromatic hydroxyl groups is 1. The van der Waals surface area contributed by atoms with Crippen molar-refractivity contribution in [2.24, 2.45) is 0 Å². The molecule has 0 bridgehead atoms. The molecule has 0 aliphatic rings. The lowest BCUT2D eigenvalue weighted by atomic mass is 10.1. The minimum Gasteiger partial charge on any atom is -0.508 e. The standard InChI is InChI=1S/C9H7N3OS/c13-7-3-1-6(2-4-7)8-5-10-12-9(14)11-8/h1-5,13H,(H,11,12,14). The molecule has 2 N–H and O–H groups in total. The molecular formula is C9H7N3OS. The van der Waals surface area contributed by atoms with Crippen molar-refractivity contribution in [1.82, 2.24) is 15.2 Å². The second-order valence-electron chi connectivity index (χ2n) is 2.72. The van der Waals surface area contributed by atoms with Crippen LogP contribution in [0.3, 0.4) is 0 Å². The summed E-state index contributed by atoms with van der Waals surface area (Å²) in [6.07, 6.45) is 1.59. The van der Waals surface area contributed by atoms with Gasteiger partial charge in [-0.2, -0.15) is 5.10 Å². The van der Waals surface area contributed by atoms with Crippen LogP contribution in [0.5, 0.6) is 5.75 Å². The van der Waals surface area contributed by atoms with E-state index in [1.165, 1.54) is 0 Å². The number of rotatable bonds is 1. The Balaban J connectivity index is 2.50. The number of aromatic nitrogens is 3. The lowest BCUT2D eigenvalue weighted by molar-refractivity contribution is 0.475. The summed E-state index contributed by atoms with van der Waals surface area (Å²) in [5.41, 5.74) is 1.56. The van der Waals surface area contributed by atoms with Gasteiger partial charge in [0.2, 0.25) is 4.77 Å². The lowest BCUT2D eigenvalue weighted by Crippen LogP contribution is -1.89. The molecular weight excluding hydrogens is 198 g/mol. The van der Waals surface area contributed by atoms with E-state index in [0.717, 1.165) is 5.56 Å². The first-order valence-electron chi connectivity index (χ1n) is 3.97. The smallest absolute Gasteiger partial charge is 0.214 e. The molecule has 1 aromatic carbocycles. The van der Waals surface area contributed by atoms with Crippen LogP contribution < -0.4 is 0 Å². The number of hydrogen-bond donors (Lipinski definition) is 2. The molecule has 70 valence electrons. The van der Waals surface area contributed by atoms with Gasteiger partial charge in [-0.3, -0.25) is 5.10 Å². The molecule has 0 atom stereocenters. The largest absolute Gasteiger partial charge is 0.508 e. The average molecular weight is 205 g/mol. The van der Waals surface area contributed by atoms with Gasteiger partial charge >= 0.3 is 0 Å². The van der Waals surface area contributed by atoms with Crippen LogP contribution in [0, 0.1) is 4.77 Å². The maximum Gasteiger partial charge on any atom is 0.214 e. The topological polar surface area (TPSA) is 61.8 Å². The van der Waals surface area contributed by atoms with Crippen molar-refractivity contribution in [3.05, 3.63) is 35.2 Å². The van der Waals surface area contributed by atoms with Crippen LogP contribution in [-0.4, -0.2) is 20.3 Å². The highest BCUT2D eigenvalue weighted by atomic mass is 32.1. The molecule has 0 spiro atoms. The summed E-state index contributed by atoms with van der Waals surface area (Å²) in [7, 11) is 0. The molecule has 1 aromatic heterocycles. The van der Waals surface area contributed by atoms with Crippen LogP contribution in [0.25, 0.3) is 11.3 Å². The van der Waals surface area contributed by atoms with Crippen LogP contribution in [0.4, 0.5) is 0 Å². The highest BCUT2D eigenvalue weighted by Crippen LogP contribution is 2.18. The summed E-state index contributed by atoms with van der Waals surface area (Å²) in [5.74, 6) is 0.225. The number of benzene rings is 1. The monoisotopic (exact) mass is 205 g/mol. The van der Waals surface area contributed by atoms with Gasteiger partial charge in [0.1, 0.15) is 5.75 Å². The highest BCUT2D eigenvalue weighted by Gasteiger charge is 1.98. The third-order valence-electron chi connectivity index (χ3n) is 1.73. The molecule has 0 unspecified atom stereocenters. The van der Waals surface area contributed by atoms with Gasteiger partial charge in [-0.1, -0.05) is 0 Å².